The van der Waals surface area contributed by atoms with Crippen LogP contribution in [0.15, 0.2) is 89.9 Å². The van der Waals surface area contributed by atoms with E-state index in [0.717, 1.165) is 33.9 Å². The molecule has 26 heavy (non-hydrogen) atoms. The predicted molar refractivity (Wildman–Crippen MR) is 103 cm³/mol. The van der Waals surface area contributed by atoms with Crippen molar-refractivity contribution in [1.82, 2.24) is 9.78 Å². The molecule has 0 bridgehead atoms. The Morgan fingerprint density at radius 1 is 0.731 bits per heavy atom. The SMILES string of the molecule is C1=Nc2ccccc2Oc2c1c(-c1ccccc1)nn2-c1ccccc1. The minimum atomic E-state index is 0.670. The van der Waals surface area contributed by atoms with Crippen LogP contribution >= 0.6 is 0 Å². The molecule has 0 aliphatic carbocycles. The van der Waals surface area contributed by atoms with Gasteiger partial charge < -0.3 is 4.74 Å². The Morgan fingerprint density at radius 3 is 2.23 bits per heavy atom. The fraction of sp³-hybridized carbons (Fsp3) is 0. The normalized spacial score (nSPS) is 12.0. The van der Waals surface area contributed by atoms with Gasteiger partial charge in [-0.15, -0.1) is 0 Å². The van der Waals surface area contributed by atoms with Gasteiger partial charge in [-0.3, -0.25) is 4.99 Å². The lowest BCUT2D eigenvalue weighted by atomic mass is 10.1. The first-order valence-corrected chi connectivity index (χ1v) is 8.45. The molecule has 0 N–H and O–H groups in total. The van der Waals surface area contributed by atoms with Gasteiger partial charge in [0.15, 0.2) is 5.75 Å². The molecule has 1 aromatic heterocycles. The van der Waals surface area contributed by atoms with Crippen LogP contribution in [0.1, 0.15) is 5.56 Å². The Labute approximate surface area is 151 Å². The largest absolute Gasteiger partial charge is 0.436 e. The van der Waals surface area contributed by atoms with Crippen molar-refractivity contribution in [1.29, 1.82) is 0 Å². The summed E-state index contributed by atoms with van der Waals surface area (Å²) in [4.78, 5) is 4.62. The lowest BCUT2D eigenvalue weighted by molar-refractivity contribution is 0.446. The third-order valence-electron chi connectivity index (χ3n) is 4.33. The van der Waals surface area contributed by atoms with E-state index in [4.69, 9.17) is 9.84 Å². The molecule has 4 aromatic rings. The van der Waals surface area contributed by atoms with Crippen LogP contribution in [-0.4, -0.2) is 16.0 Å². The summed E-state index contributed by atoms with van der Waals surface area (Å²) in [5, 5.41) is 4.85. The van der Waals surface area contributed by atoms with Crippen LogP contribution in [0, 0.1) is 0 Å². The average molecular weight is 337 g/mol. The molecular formula is C22H15N3O. The number of hydrogen-bond donors (Lipinski definition) is 0. The first-order valence-electron chi connectivity index (χ1n) is 8.45. The number of aromatic nitrogens is 2. The fourth-order valence-electron chi connectivity index (χ4n) is 3.07. The standard InChI is InChI=1S/C22H15N3O/c1-3-9-16(10-4-1)21-18-15-23-19-13-7-8-14-20(19)26-22(18)25(24-21)17-11-5-2-6-12-17/h1-15H. The Kier molecular flexibility index (Phi) is 3.39. The molecule has 124 valence electrons. The minimum absolute atomic E-state index is 0.670. The molecule has 2 heterocycles. The number of para-hydroxylation sites is 3. The van der Waals surface area contributed by atoms with Gasteiger partial charge in [-0.2, -0.15) is 9.78 Å². The number of aliphatic imine (C=N–C) groups is 1. The molecule has 1 aliphatic heterocycles. The highest BCUT2D eigenvalue weighted by molar-refractivity contribution is 5.94. The van der Waals surface area contributed by atoms with E-state index in [1.807, 2.05) is 95.8 Å². The first-order chi connectivity index (χ1) is 12.9. The van der Waals surface area contributed by atoms with Crippen molar-refractivity contribution >= 4 is 11.9 Å². The summed E-state index contributed by atoms with van der Waals surface area (Å²) in [6.07, 6.45) is 1.84. The van der Waals surface area contributed by atoms with Crippen LogP contribution in [0.5, 0.6) is 11.6 Å². The van der Waals surface area contributed by atoms with E-state index in [-0.39, 0.29) is 0 Å². The van der Waals surface area contributed by atoms with Gasteiger partial charge in [0.1, 0.15) is 11.4 Å². The highest BCUT2D eigenvalue weighted by Crippen LogP contribution is 2.40. The summed E-state index contributed by atoms with van der Waals surface area (Å²) in [5.74, 6) is 1.39. The maximum Gasteiger partial charge on any atom is 0.232 e. The molecule has 0 fully saturated rings. The number of nitrogens with zero attached hydrogens (tertiary/aromatic N) is 3. The zero-order chi connectivity index (χ0) is 17.3. The Morgan fingerprint density at radius 2 is 1.42 bits per heavy atom. The summed E-state index contributed by atoms with van der Waals surface area (Å²) in [6, 6.07) is 27.9. The summed E-state index contributed by atoms with van der Waals surface area (Å²) in [6.45, 7) is 0. The maximum atomic E-state index is 6.27. The van der Waals surface area contributed by atoms with Crippen molar-refractivity contribution in [2.45, 2.75) is 0 Å². The third-order valence-corrected chi connectivity index (χ3v) is 4.33. The summed E-state index contributed by atoms with van der Waals surface area (Å²) in [7, 11) is 0. The highest BCUT2D eigenvalue weighted by Gasteiger charge is 2.23. The van der Waals surface area contributed by atoms with E-state index in [0.29, 0.717) is 5.88 Å². The van der Waals surface area contributed by atoms with Crippen LogP contribution in [0.2, 0.25) is 0 Å². The molecule has 5 rings (SSSR count). The molecule has 4 nitrogen and oxygen atoms in total. The van der Waals surface area contributed by atoms with Crippen LogP contribution in [0.4, 0.5) is 5.69 Å². The van der Waals surface area contributed by atoms with Crippen molar-refractivity contribution in [3.05, 3.63) is 90.5 Å². The smallest absolute Gasteiger partial charge is 0.232 e. The van der Waals surface area contributed by atoms with Gasteiger partial charge in [-0.1, -0.05) is 60.7 Å². The van der Waals surface area contributed by atoms with E-state index >= 15 is 0 Å². The molecule has 3 aromatic carbocycles. The van der Waals surface area contributed by atoms with Crippen molar-refractivity contribution in [3.63, 3.8) is 0 Å². The van der Waals surface area contributed by atoms with Crippen LogP contribution in [-0.2, 0) is 0 Å². The van der Waals surface area contributed by atoms with Crippen molar-refractivity contribution in [2.75, 3.05) is 0 Å². The average Bonchev–Trinajstić information content (AvgIpc) is 2.95. The van der Waals surface area contributed by atoms with Gasteiger partial charge >= 0.3 is 0 Å². The molecule has 0 unspecified atom stereocenters. The zero-order valence-electron chi connectivity index (χ0n) is 13.9. The Hall–Kier alpha value is -3.66. The zero-order valence-corrected chi connectivity index (χ0v) is 13.9. The van der Waals surface area contributed by atoms with Crippen molar-refractivity contribution in [2.24, 2.45) is 4.99 Å². The van der Waals surface area contributed by atoms with Gasteiger partial charge in [0, 0.05) is 11.8 Å². The van der Waals surface area contributed by atoms with E-state index in [1.54, 1.807) is 0 Å². The fourth-order valence-corrected chi connectivity index (χ4v) is 3.07. The van der Waals surface area contributed by atoms with Gasteiger partial charge in [0.2, 0.25) is 5.88 Å². The van der Waals surface area contributed by atoms with Crippen molar-refractivity contribution in [3.8, 4) is 28.6 Å². The molecule has 0 atom stereocenters. The van der Waals surface area contributed by atoms with Gasteiger partial charge in [0.05, 0.1) is 11.3 Å². The van der Waals surface area contributed by atoms with Crippen LogP contribution < -0.4 is 4.74 Å². The monoisotopic (exact) mass is 337 g/mol. The molecule has 0 saturated heterocycles. The molecule has 4 heteroatoms. The number of rotatable bonds is 2. The predicted octanol–water partition coefficient (Wildman–Crippen LogP) is 5.40. The van der Waals surface area contributed by atoms with Gasteiger partial charge in [-0.05, 0) is 24.3 Å². The molecule has 1 aliphatic rings. The summed E-state index contributed by atoms with van der Waals surface area (Å²) in [5.41, 5.74) is 4.50. The Bertz CT molecular complexity index is 1100. The lowest BCUT2D eigenvalue weighted by Crippen LogP contribution is -1.99. The van der Waals surface area contributed by atoms with E-state index in [9.17, 15) is 0 Å². The lowest BCUT2D eigenvalue weighted by Gasteiger charge is -2.09. The molecular weight excluding hydrogens is 322 g/mol. The second-order valence-corrected chi connectivity index (χ2v) is 6.01. The van der Waals surface area contributed by atoms with Gasteiger partial charge in [-0.25, -0.2) is 0 Å². The van der Waals surface area contributed by atoms with Gasteiger partial charge in [0.25, 0.3) is 0 Å². The third kappa shape index (κ3) is 2.40. The topological polar surface area (TPSA) is 39.4 Å². The van der Waals surface area contributed by atoms with E-state index in [2.05, 4.69) is 4.99 Å². The number of benzene rings is 3. The summed E-state index contributed by atoms with van der Waals surface area (Å²) >= 11 is 0. The highest BCUT2D eigenvalue weighted by atomic mass is 16.5. The molecule has 0 saturated carbocycles. The minimum Gasteiger partial charge on any atom is -0.436 e. The van der Waals surface area contributed by atoms with E-state index in [1.165, 1.54) is 0 Å². The Balaban J connectivity index is 1.77. The number of fused-ring (bicyclic) bond motifs is 2. The second kappa shape index (κ2) is 6.01. The molecule has 0 radical (unpaired) electrons. The summed E-state index contributed by atoms with van der Waals surface area (Å²) < 4.78 is 8.10. The van der Waals surface area contributed by atoms with Crippen LogP contribution in [0.3, 0.4) is 0 Å². The second-order valence-electron chi connectivity index (χ2n) is 6.01. The van der Waals surface area contributed by atoms with E-state index < -0.39 is 0 Å². The van der Waals surface area contributed by atoms with Crippen LogP contribution in [0.25, 0.3) is 16.9 Å². The maximum absolute atomic E-state index is 6.27. The van der Waals surface area contributed by atoms with Crippen molar-refractivity contribution < 1.29 is 4.74 Å². The number of hydrogen-bond acceptors (Lipinski definition) is 3. The number of ether oxygens (including phenoxy) is 1. The molecule has 0 amide bonds. The first kappa shape index (κ1) is 14.7. The molecule has 0 spiro atoms. The quantitative estimate of drug-likeness (QED) is 0.433.